The lowest BCUT2D eigenvalue weighted by atomic mass is 10.2. The van der Waals surface area contributed by atoms with Gasteiger partial charge in [-0.25, -0.2) is 13.4 Å². The van der Waals surface area contributed by atoms with E-state index in [1.807, 2.05) is 55.5 Å². The summed E-state index contributed by atoms with van der Waals surface area (Å²) < 4.78 is 41.3. The first-order chi connectivity index (χ1) is 18.0. The van der Waals surface area contributed by atoms with Gasteiger partial charge in [0.25, 0.3) is 0 Å². The third-order valence-electron chi connectivity index (χ3n) is 6.42. The van der Waals surface area contributed by atoms with Gasteiger partial charge >= 0.3 is 0 Å². The fourth-order valence-electron chi connectivity index (χ4n) is 4.48. The quantitative estimate of drug-likeness (QED) is 0.274. The van der Waals surface area contributed by atoms with E-state index >= 15 is 0 Å². The van der Waals surface area contributed by atoms with Crippen LogP contribution in [-0.4, -0.2) is 37.0 Å². The summed E-state index contributed by atoms with van der Waals surface area (Å²) >= 11 is 1.53. The van der Waals surface area contributed by atoms with Crippen LogP contribution in [0.5, 0.6) is 5.75 Å². The molecule has 7 nitrogen and oxygen atoms in total. The predicted molar refractivity (Wildman–Crippen MR) is 146 cm³/mol. The molecule has 2 aromatic heterocycles. The van der Waals surface area contributed by atoms with E-state index in [-0.39, 0.29) is 0 Å². The molecule has 1 aliphatic rings. The normalized spacial score (nSPS) is 15.5. The van der Waals surface area contributed by atoms with E-state index in [1.165, 1.54) is 11.3 Å². The molecule has 0 spiro atoms. The van der Waals surface area contributed by atoms with Crippen LogP contribution in [0.4, 0.5) is 5.69 Å². The molecule has 0 unspecified atom stereocenters. The molecule has 37 heavy (non-hydrogen) atoms. The van der Waals surface area contributed by atoms with Crippen LogP contribution in [-0.2, 0) is 16.6 Å². The van der Waals surface area contributed by atoms with Gasteiger partial charge in [-0.3, -0.25) is 0 Å². The Balaban J connectivity index is 1.48. The zero-order valence-corrected chi connectivity index (χ0v) is 22.5. The smallest absolute Gasteiger partial charge is 0.243 e. The van der Waals surface area contributed by atoms with E-state index in [1.54, 1.807) is 22.7 Å². The van der Waals surface area contributed by atoms with Gasteiger partial charge < -0.3 is 13.7 Å². The van der Waals surface area contributed by atoms with Gasteiger partial charge in [0.05, 0.1) is 35.7 Å². The number of rotatable bonds is 8. The number of benzene rings is 2. The van der Waals surface area contributed by atoms with Crippen molar-refractivity contribution in [3.05, 3.63) is 82.9 Å². The van der Waals surface area contributed by atoms with Gasteiger partial charge in [0.2, 0.25) is 10.0 Å². The second-order valence-corrected chi connectivity index (χ2v) is 11.7. The molecule has 0 aliphatic carbocycles. The molecule has 4 aromatic rings. The van der Waals surface area contributed by atoms with Crippen molar-refractivity contribution in [1.29, 1.82) is 0 Å². The Hall–Kier alpha value is -3.14. The van der Waals surface area contributed by atoms with Crippen LogP contribution >= 0.6 is 11.3 Å². The van der Waals surface area contributed by atoms with Crippen molar-refractivity contribution < 1.29 is 17.6 Å². The molecule has 0 saturated carbocycles. The number of furan rings is 1. The summed E-state index contributed by atoms with van der Waals surface area (Å²) in [7, 11) is -3.49. The first kappa shape index (κ1) is 25.5. The predicted octanol–water partition coefficient (Wildman–Crippen LogP) is 6.05. The standard InChI is InChI=1S/C28H31N3O4S2/c1-2-34-24-13-11-23(12-14-24)29-28-31(20-25-8-7-19-35-25)27(21-36-28)22-9-15-26(16-10-22)37(32,33)30-17-5-3-4-6-18-30/h7-16,19,21H,2-6,17-18,20H2,1H3. The summed E-state index contributed by atoms with van der Waals surface area (Å²) in [6.07, 6.45) is 5.67. The lowest BCUT2D eigenvalue weighted by Gasteiger charge is -2.20. The number of ether oxygens (including phenoxy) is 1. The molecular weight excluding hydrogens is 506 g/mol. The molecule has 0 bridgehead atoms. The number of sulfonamides is 1. The van der Waals surface area contributed by atoms with Crippen LogP contribution in [0, 0.1) is 0 Å². The van der Waals surface area contributed by atoms with Crippen molar-refractivity contribution >= 4 is 27.0 Å². The zero-order chi connectivity index (χ0) is 25.7. The number of nitrogens with zero attached hydrogens (tertiary/aromatic N) is 3. The van der Waals surface area contributed by atoms with Crippen LogP contribution < -0.4 is 9.54 Å². The summed E-state index contributed by atoms with van der Waals surface area (Å²) in [5.41, 5.74) is 2.69. The molecule has 9 heteroatoms. The second kappa shape index (κ2) is 11.5. The van der Waals surface area contributed by atoms with E-state index in [9.17, 15) is 8.42 Å². The van der Waals surface area contributed by atoms with Crippen LogP contribution in [0.25, 0.3) is 11.3 Å². The highest BCUT2D eigenvalue weighted by molar-refractivity contribution is 7.89. The van der Waals surface area contributed by atoms with Gasteiger partial charge in [-0.15, -0.1) is 11.3 Å². The minimum atomic E-state index is -3.49. The minimum absolute atomic E-state index is 0.338. The van der Waals surface area contributed by atoms with Crippen molar-refractivity contribution in [3.8, 4) is 17.0 Å². The third-order valence-corrected chi connectivity index (χ3v) is 9.19. The highest BCUT2D eigenvalue weighted by Crippen LogP contribution is 2.26. The molecule has 0 radical (unpaired) electrons. The number of thiazole rings is 1. The van der Waals surface area contributed by atoms with Crippen LogP contribution in [0.2, 0.25) is 0 Å². The Morgan fingerprint density at radius 1 is 0.973 bits per heavy atom. The summed E-state index contributed by atoms with van der Waals surface area (Å²) in [4.78, 5) is 6.03. The molecular formula is C28H31N3O4S2. The first-order valence-corrected chi connectivity index (χ1v) is 15.0. The van der Waals surface area contributed by atoms with Gasteiger partial charge in [0.1, 0.15) is 11.5 Å². The number of hydrogen-bond donors (Lipinski definition) is 0. The Morgan fingerprint density at radius 2 is 1.70 bits per heavy atom. The Labute approximate surface area is 221 Å². The Kier molecular flexibility index (Phi) is 7.93. The number of aromatic nitrogens is 1. The molecule has 1 fully saturated rings. The molecule has 194 valence electrons. The molecule has 0 N–H and O–H groups in total. The number of hydrogen-bond acceptors (Lipinski definition) is 6. The Bertz CT molecular complexity index is 1460. The SMILES string of the molecule is CCOc1ccc(N=c2scc(-c3ccc(S(=O)(=O)N4CCCCCC4)cc3)n2Cc2ccco2)cc1. The van der Waals surface area contributed by atoms with Crippen molar-refractivity contribution in [2.75, 3.05) is 19.7 Å². The van der Waals surface area contributed by atoms with Gasteiger partial charge in [0.15, 0.2) is 4.80 Å². The summed E-state index contributed by atoms with van der Waals surface area (Å²) in [6, 6.07) is 18.7. The highest BCUT2D eigenvalue weighted by Gasteiger charge is 2.25. The van der Waals surface area contributed by atoms with E-state index in [0.29, 0.717) is 31.1 Å². The molecule has 0 atom stereocenters. The van der Waals surface area contributed by atoms with Gasteiger partial charge in [0, 0.05) is 18.5 Å². The fraction of sp³-hybridized carbons (Fsp3) is 0.321. The summed E-state index contributed by atoms with van der Waals surface area (Å²) in [6.45, 7) is 4.27. The first-order valence-electron chi connectivity index (χ1n) is 12.6. The van der Waals surface area contributed by atoms with Crippen LogP contribution in [0.3, 0.4) is 0 Å². The average Bonchev–Trinajstić information content (AvgIpc) is 3.47. The Morgan fingerprint density at radius 3 is 2.35 bits per heavy atom. The van der Waals surface area contributed by atoms with E-state index in [0.717, 1.165) is 58.9 Å². The maximum absolute atomic E-state index is 13.2. The molecule has 2 aromatic carbocycles. The average molecular weight is 538 g/mol. The lowest BCUT2D eigenvalue weighted by molar-refractivity contribution is 0.340. The molecule has 0 amide bonds. The second-order valence-electron chi connectivity index (χ2n) is 8.95. The van der Waals surface area contributed by atoms with Crippen molar-refractivity contribution in [1.82, 2.24) is 8.87 Å². The zero-order valence-electron chi connectivity index (χ0n) is 20.9. The summed E-state index contributed by atoms with van der Waals surface area (Å²) in [5, 5.41) is 2.05. The third kappa shape index (κ3) is 5.89. The van der Waals surface area contributed by atoms with Crippen molar-refractivity contribution in [2.45, 2.75) is 44.0 Å². The maximum Gasteiger partial charge on any atom is 0.243 e. The summed E-state index contributed by atoms with van der Waals surface area (Å²) in [5.74, 6) is 1.63. The van der Waals surface area contributed by atoms with Gasteiger partial charge in [-0.05, 0) is 73.9 Å². The van der Waals surface area contributed by atoms with Crippen molar-refractivity contribution in [2.24, 2.45) is 4.99 Å². The van der Waals surface area contributed by atoms with Gasteiger partial charge in [-0.1, -0.05) is 25.0 Å². The molecule has 1 saturated heterocycles. The molecule has 3 heterocycles. The lowest BCUT2D eigenvalue weighted by Crippen LogP contribution is -2.31. The minimum Gasteiger partial charge on any atom is -0.494 e. The van der Waals surface area contributed by atoms with E-state index < -0.39 is 10.0 Å². The molecule has 5 rings (SSSR count). The maximum atomic E-state index is 13.2. The van der Waals surface area contributed by atoms with Crippen LogP contribution in [0.1, 0.15) is 38.4 Å². The van der Waals surface area contributed by atoms with Crippen LogP contribution in [0.15, 0.2) is 86.6 Å². The van der Waals surface area contributed by atoms with Gasteiger partial charge in [-0.2, -0.15) is 4.31 Å². The van der Waals surface area contributed by atoms with E-state index in [2.05, 4.69) is 9.95 Å². The van der Waals surface area contributed by atoms with Crippen molar-refractivity contribution in [3.63, 3.8) is 0 Å². The molecule has 1 aliphatic heterocycles. The fourth-order valence-corrected chi connectivity index (χ4v) is 6.93. The largest absolute Gasteiger partial charge is 0.494 e. The van der Waals surface area contributed by atoms with E-state index in [4.69, 9.17) is 14.1 Å². The monoisotopic (exact) mass is 537 g/mol. The topological polar surface area (TPSA) is 77.0 Å². The highest BCUT2D eigenvalue weighted by atomic mass is 32.2.